The van der Waals surface area contributed by atoms with Crippen molar-refractivity contribution in [1.29, 1.82) is 5.26 Å². The van der Waals surface area contributed by atoms with Gasteiger partial charge in [-0.2, -0.15) is 10.4 Å². The van der Waals surface area contributed by atoms with E-state index >= 15 is 0 Å². The third-order valence-corrected chi connectivity index (χ3v) is 3.29. The molecule has 1 heterocycles. The van der Waals surface area contributed by atoms with Gasteiger partial charge in [0.25, 0.3) is 0 Å². The first-order valence-electron chi connectivity index (χ1n) is 6.51. The van der Waals surface area contributed by atoms with Crippen LogP contribution in [0.3, 0.4) is 0 Å². The number of rotatable bonds is 2. The van der Waals surface area contributed by atoms with Gasteiger partial charge in [0.2, 0.25) is 0 Å². The van der Waals surface area contributed by atoms with Crippen molar-refractivity contribution in [3.63, 3.8) is 0 Å². The number of hydrogen-bond donors (Lipinski definition) is 1. The second-order valence-electron chi connectivity index (χ2n) is 4.73. The molecular weight excluding hydrogens is 305 g/mol. The lowest BCUT2D eigenvalue weighted by Crippen LogP contribution is -2.02. The smallest absolute Gasteiger partial charge is 0.145 e. The maximum absolute atomic E-state index is 14.0. The molecule has 3 rings (SSSR count). The lowest BCUT2D eigenvalue weighted by atomic mass is 10.1. The third-order valence-electron chi connectivity index (χ3n) is 3.29. The molecule has 0 spiro atoms. The Balaban J connectivity index is 2.21. The lowest BCUT2D eigenvalue weighted by Gasteiger charge is -2.03. The minimum atomic E-state index is -0.856. The number of anilines is 1. The summed E-state index contributed by atoms with van der Waals surface area (Å²) >= 11 is 0. The minimum Gasteiger partial charge on any atom is -0.382 e. The van der Waals surface area contributed by atoms with Crippen molar-refractivity contribution < 1.29 is 13.2 Å². The van der Waals surface area contributed by atoms with Crippen molar-refractivity contribution >= 4 is 5.82 Å². The van der Waals surface area contributed by atoms with Crippen molar-refractivity contribution in [3.05, 3.63) is 65.5 Å². The van der Waals surface area contributed by atoms with Gasteiger partial charge in [0.15, 0.2) is 0 Å². The van der Waals surface area contributed by atoms with Crippen LogP contribution in [-0.2, 0) is 0 Å². The summed E-state index contributed by atoms with van der Waals surface area (Å²) in [6.45, 7) is 0. The molecule has 0 unspecified atom stereocenters. The largest absolute Gasteiger partial charge is 0.382 e. The van der Waals surface area contributed by atoms with E-state index in [4.69, 9.17) is 5.73 Å². The summed E-state index contributed by atoms with van der Waals surface area (Å²) in [5.74, 6) is -2.05. The third kappa shape index (κ3) is 2.51. The average molecular weight is 314 g/mol. The number of benzene rings is 2. The average Bonchev–Trinajstić information content (AvgIpc) is 2.84. The molecule has 0 aliphatic heterocycles. The van der Waals surface area contributed by atoms with Crippen LogP contribution in [0.2, 0.25) is 0 Å². The zero-order chi connectivity index (χ0) is 16.6. The first kappa shape index (κ1) is 14.7. The Morgan fingerprint density at radius 1 is 1.00 bits per heavy atom. The predicted octanol–water partition coefficient (Wildman–Crippen LogP) is 3.41. The molecule has 0 fully saturated rings. The van der Waals surface area contributed by atoms with Crippen LogP contribution in [0.4, 0.5) is 19.0 Å². The van der Waals surface area contributed by atoms with Crippen LogP contribution in [0.25, 0.3) is 16.9 Å². The molecule has 114 valence electrons. The Morgan fingerprint density at radius 2 is 1.65 bits per heavy atom. The summed E-state index contributed by atoms with van der Waals surface area (Å²) in [5, 5.41) is 13.4. The van der Waals surface area contributed by atoms with Crippen LogP contribution in [0.5, 0.6) is 0 Å². The van der Waals surface area contributed by atoms with E-state index < -0.39 is 17.5 Å². The normalized spacial score (nSPS) is 10.5. The van der Waals surface area contributed by atoms with Crippen molar-refractivity contribution in [1.82, 2.24) is 9.78 Å². The van der Waals surface area contributed by atoms with Gasteiger partial charge in [0, 0.05) is 11.6 Å². The molecule has 0 aliphatic carbocycles. The summed E-state index contributed by atoms with van der Waals surface area (Å²) < 4.78 is 41.2. The summed E-state index contributed by atoms with van der Waals surface area (Å²) in [4.78, 5) is 0. The Labute approximate surface area is 129 Å². The van der Waals surface area contributed by atoms with Gasteiger partial charge in [-0.3, -0.25) is 0 Å². The Bertz CT molecular complexity index is 924. The van der Waals surface area contributed by atoms with E-state index in [-0.39, 0.29) is 22.6 Å². The van der Waals surface area contributed by atoms with Gasteiger partial charge in [-0.1, -0.05) is 0 Å². The topological polar surface area (TPSA) is 67.6 Å². The first-order valence-corrected chi connectivity index (χ1v) is 6.51. The molecule has 0 aliphatic rings. The Hall–Kier alpha value is -3.27. The molecule has 0 saturated carbocycles. The number of nitrogens with zero attached hydrogens (tertiary/aromatic N) is 3. The highest BCUT2D eigenvalue weighted by Gasteiger charge is 2.20. The second-order valence-corrected chi connectivity index (χ2v) is 4.73. The fraction of sp³-hybridized carbons (Fsp3) is 0. The van der Waals surface area contributed by atoms with Crippen LogP contribution in [0.15, 0.2) is 42.5 Å². The van der Waals surface area contributed by atoms with Gasteiger partial charge in [0.05, 0.1) is 5.69 Å². The van der Waals surface area contributed by atoms with Crippen molar-refractivity contribution in [2.75, 3.05) is 5.73 Å². The molecule has 7 heteroatoms. The molecule has 0 saturated heterocycles. The molecule has 3 aromatic rings. The van der Waals surface area contributed by atoms with Crippen LogP contribution in [0.1, 0.15) is 5.56 Å². The highest BCUT2D eigenvalue weighted by Crippen LogP contribution is 2.30. The number of nitrogen functional groups attached to an aromatic ring is 1. The monoisotopic (exact) mass is 314 g/mol. The number of aromatic nitrogens is 2. The predicted molar refractivity (Wildman–Crippen MR) is 78.0 cm³/mol. The molecule has 0 radical (unpaired) electrons. The van der Waals surface area contributed by atoms with Crippen molar-refractivity contribution in [3.8, 4) is 23.0 Å². The van der Waals surface area contributed by atoms with Gasteiger partial charge >= 0.3 is 0 Å². The van der Waals surface area contributed by atoms with E-state index in [1.54, 1.807) is 0 Å². The summed E-state index contributed by atoms with van der Waals surface area (Å²) in [7, 11) is 0. The minimum absolute atomic E-state index is 0.00757. The van der Waals surface area contributed by atoms with Gasteiger partial charge in [-0.25, -0.2) is 17.9 Å². The Kier molecular flexibility index (Phi) is 3.50. The molecule has 2 N–H and O–H groups in total. The second kappa shape index (κ2) is 5.50. The fourth-order valence-corrected chi connectivity index (χ4v) is 2.19. The highest BCUT2D eigenvalue weighted by molar-refractivity contribution is 5.74. The zero-order valence-corrected chi connectivity index (χ0v) is 11.6. The fourth-order valence-electron chi connectivity index (χ4n) is 2.19. The number of halogens is 3. The molecule has 2 aromatic carbocycles. The lowest BCUT2D eigenvalue weighted by molar-refractivity contribution is 0.585. The van der Waals surface area contributed by atoms with E-state index in [1.165, 1.54) is 35.0 Å². The Morgan fingerprint density at radius 3 is 2.26 bits per heavy atom. The van der Waals surface area contributed by atoms with E-state index in [9.17, 15) is 18.4 Å². The van der Waals surface area contributed by atoms with E-state index in [2.05, 4.69) is 5.10 Å². The van der Waals surface area contributed by atoms with Crippen molar-refractivity contribution in [2.24, 2.45) is 0 Å². The van der Waals surface area contributed by atoms with Crippen LogP contribution in [0, 0.1) is 28.8 Å². The molecule has 4 nitrogen and oxygen atoms in total. The summed E-state index contributed by atoms with van der Waals surface area (Å²) in [5.41, 5.74) is 6.21. The molecule has 0 bridgehead atoms. The highest BCUT2D eigenvalue weighted by atomic mass is 19.1. The van der Waals surface area contributed by atoms with E-state index in [1.807, 2.05) is 6.07 Å². The zero-order valence-electron chi connectivity index (χ0n) is 11.6. The number of hydrogen-bond acceptors (Lipinski definition) is 3. The maximum atomic E-state index is 14.0. The standard InChI is InChI=1S/C16H9F3N4/c17-9-1-4-11(5-2-9)23-16(21)13(8-20)15(22-23)12-6-3-10(18)7-14(12)19/h1-7H,21H2. The van der Waals surface area contributed by atoms with Crippen LogP contribution >= 0.6 is 0 Å². The number of nitriles is 1. The quantitative estimate of drug-likeness (QED) is 0.788. The van der Waals surface area contributed by atoms with Gasteiger partial charge in [-0.05, 0) is 36.4 Å². The molecule has 1 aromatic heterocycles. The van der Waals surface area contributed by atoms with E-state index in [0.717, 1.165) is 6.07 Å². The molecule has 0 amide bonds. The first-order chi connectivity index (χ1) is 11.0. The molecular formula is C16H9F3N4. The summed E-state index contributed by atoms with van der Waals surface area (Å²) in [6, 6.07) is 10.1. The van der Waals surface area contributed by atoms with Gasteiger partial charge < -0.3 is 5.73 Å². The number of nitrogens with two attached hydrogens (primary N) is 1. The van der Waals surface area contributed by atoms with Gasteiger partial charge in [-0.15, -0.1) is 0 Å². The van der Waals surface area contributed by atoms with Gasteiger partial charge in [0.1, 0.15) is 40.6 Å². The maximum Gasteiger partial charge on any atom is 0.145 e. The van der Waals surface area contributed by atoms with Crippen LogP contribution in [-0.4, -0.2) is 9.78 Å². The van der Waals surface area contributed by atoms with Crippen molar-refractivity contribution in [2.45, 2.75) is 0 Å². The summed E-state index contributed by atoms with van der Waals surface area (Å²) in [6.07, 6.45) is 0. The van der Waals surface area contributed by atoms with Crippen LogP contribution < -0.4 is 5.73 Å². The molecule has 23 heavy (non-hydrogen) atoms. The molecule has 0 atom stereocenters. The van der Waals surface area contributed by atoms with E-state index in [0.29, 0.717) is 11.8 Å². The SMILES string of the molecule is N#Cc1c(-c2ccc(F)cc2F)nn(-c2ccc(F)cc2)c1N.